The zero-order chi connectivity index (χ0) is 26.1. The van der Waals surface area contributed by atoms with E-state index in [0.717, 1.165) is 10.8 Å². The summed E-state index contributed by atoms with van der Waals surface area (Å²) in [7, 11) is 1.26. The molecular formula is C26H28N2O6S2. The van der Waals surface area contributed by atoms with Crippen molar-refractivity contribution >= 4 is 41.1 Å². The lowest BCUT2D eigenvalue weighted by Crippen LogP contribution is -2.34. The average Bonchev–Trinajstić information content (AvgIpc) is 2.88. The molecule has 1 aliphatic heterocycles. The van der Waals surface area contributed by atoms with E-state index in [1.165, 1.54) is 30.9 Å². The van der Waals surface area contributed by atoms with Crippen LogP contribution in [0.4, 0.5) is 5.69 Å². The van der Waals surface area contributed by atoms with Crippen molar-refractivity contribution in [1.29, 1.82) is 0 Å². The van der Waals surface area contributed by atoms with Gasteiger partial charge >= 0.3 is 11.9 Å². The maximum atomic E-state index is 13.2. The molecule has 2 aromatic rings. The van der Waals surface area contributed by atoms with Crippen LogP contribution in [0.1, 0.15) is 30.9 Å². The second kappa shape index (κ2) is 13.2. The van der Waals surface area contributed by atoms with E-state index >= 15 is 0 Å². The molecule has 0 bridgehead atoms. The smallest absolute Gasteiger partial charge is 0.336 e. The number of methoxy groups -OCH3 is 1. The Labute approximate surface area is 218 Å². The highest BCUT2D eigenvalue weighted by atomic mass is 32.2. The molecule has 190 valence electrons. The third kappa shape index (κ3) is 6.70. The molecule has 0 fully saturated rings. The highest BCUT2D eigenvalue weighted by Crippen LogP contribution is 2.41. The van der Waals surface area contributed by atoms with Crippen LogP contribution in [0.3, 0.4) is 0 Å². The van der Waals surface area contributed by atoms with Gasteiger partial charge in [-0.2, -0.15) is 0 Å². The molecule has 0 aliphatic carbocycles. The molecule has 0 saturated carbocycles. The number of hydrogen-bond acceptors (Lipinski definition) is 9. The first-order valence-electron chi connectivity index (χ1n) is 11.3. The van der Waals surface area contributed by atoms with Crippen LogP contribution in [0.25, 0.3) is 0 Å². The Morgan fingerprint density at radius 2 is 1.75 bits per heavy atom. The number of thioether (sulfide) groups is 2. The van der Waals surface area contributed by atoms with Crippen LogP contribution in [0, 0.1) is 10.1 Å². The Kier molecular flexibility index (Phi) is 10.0. The summed E-state index contributed by atoms with van der Waals surface area (Å²) in [4.78, 5) is 36.9. The number of nitro benzene ring substituents is 1. The van der Waals surface area contributed by atoms with Gasteiger partial charge in [0.05, 0.1) is 35.7 Å². The summed E-state index contributed by atoms with van der Waals surface area (Å²) in [6, 6.07) is 16.1. The van der Waals surface area contributed by atoms with Crippen LogP contribution in [0.5, 0.6) is 0 Å². The number of rotatable bonds is 11. The predicted molar refractivity (Wildman–Crippen MR) is 142 cm³/mol. The number of benzene rings is 2. The molecule has 0 saturated heterocycles. The number of ether oxygens (including phenoxy) is 2. The minimum absolute atomic E-state index is 0.135. The first-order valence-corrected chi connectivity index (χ1v) is 13.6. The van der Waals surface area contributed by atoms with E-state index in [0.29, 0.717) is 22.7 Å². The predicted octanol–water partition coefficient (Wildman–Crippen LogP) is 5.17. The quantitative estimate of drug-likeness (QED) is 0.139. The Morgan fingerprint density at radius 1 is 1.03 bits per heavy atom. The van der Waals surface area contributed by atoms with Gasteiger partial charge < -0.3 is 14.8 Å². The summed E-state index contributed by atoms with van der Waals surface area (Å²) in [5, 5.41) is 15.4. The molecular weight excluding hydrogens is 500 g/mol. The van der Waals surface area contributed by atoms with Crippen LogP contribution in [0.2, 0.25) is 0 Å². The van der Waals surface area contributed by atoms with Crippen molar-refractivity contribution in [3.63, 3.8) is 0 Å². The zero-order valence-electron chi connectivity index (χ0n) is 20.3. The van der Waals surface area contributed by atoms with Crippen LogP contribution >= 0.6 is 23.5 Å². The number of nitrogens with zero attached hydrogens (tertiary/aromatic N) is 1. The number of non-ortho nitro benzene ring substituents is 1. The Bertz CT molecular complexity index is 1180. The van der Waals surface area contributed by atoms with Crippen LogP contribution in [-0.2, 0) is 24.8 Å². The molecule has 0 amide bonds. The van der Waals surface area contributed by atoms with Crippen LogP contribution in [0.15, 0.2) is 77.1 Å². The number of carbonyl (C=O) groups is 2. The van der Waals surface area contributed by atoms with E-state index in [9.17, 15) is 19.7 Å². The fraction of sp³-hybridized carbons (Fsp3) is 0.308. The number of esters is 2. The highest BCUT2D eigenvalue weighted by Gasteiger charge is 2.39. The molecule has 3 rings (SSSR count). The fourth-order valence-corrected chi connectivity index (χ4v) is 5.93. The average molecular weight is 529 g/mol. The minimum atomic E-state index is -0.870. The number of hydrogen-bond donors (Lipinski definition) is 1. The summed E-state index contributed by atoms with van der Waals surface area (Å²) < 4.78 is 10.4. The van der Waals surface area contributed by atoms with E-state index < -0.39 is 22.8 Å². The lowest BCUT2D eigenvalue weighted by molar-refractivity contribution is -0.384. The summed E-state index contributed by atoms with van der Waals surface area (Å²) in [6.07, 6.45) is 0. The minimum Gasteiger partial charge on any atom is -0.466 e. The summed E-state index contributed by atoms with van der Waals surface area (Å²) >= 11 is 3.39. The van der Waals surface area contributed by atoms with Gasteiger partial charge in [-0.15, -0.1) is 23.5 Å². The Balaban J connectivity index is 1.94. The van der Waals surface area contributed by atoms with Crippen molar-refractivity contribution in [2.75, 3.05) is 24.6 Å². The third-order valence-electron chi connectivity index (χ3n) is 5.48. The van der Waals surface area contributed by atoms with Gasteiger partial charge in [-0.05, 0) is 25.0 Å². The highest BCUT2D eigenvalue weighted by molar-refractivity contribution is 8.15. The number of carbonyl (C=O) groups excluding carboxylic acids is 2. The number of nitro groups is 1. The van der Waals surface area contributed by atoms with Gasteiger partial charge in [0.2, 0.25) is 0 Å². The molecule has 0 aromatic heterocycles. The van der Waals surface area contributed by atoms with E-state index in [1.54, 1.807) is 43.4 Å². The van der Waals surface area contributed by atoms with Gasteiger partial charge in [-0.25, -0.2) is 9.59 Å². The van der Waals surface area contributed by atoms with E-state index in [4.69, 9.17) is 9.47 Å². The molecule has 2 aromatic carbocycles. The van der Waals surface area contributed by atoms with E-state index in [1.807, 2.05) is 18.2 Å². The van der Waals surface area contributed by atoms with Gasteiger partial charge in [0, 0.05) is 40.1 Å². The van der Waals surface area contributed by atoms with E-state index in [2.05, 4.69) is 17.4 Å². The normalized spacial score (nSPS) is 15.4. The Hall–Kier alpha value is -3.24. The van der Waals surface area contributed by atoms with Crippen LogP contribution < -0.4 is 5.32 Å². The summed E-state index contributed by atoms with van der Waals surface area (Å²) in [5.41, 5.74) is 3.15. The first kappa shape index (κ1) is 27.3. The molecule has 1 aliphatic rings. The molecule has 1 heterocycles. The van der Waals surface area contributed by atoms with Crippen molar-refractivity contribution < 1.29 is 24.0 Å². The van der Waals surface area contributed by atoms with Crippen LogP contribution in [-0.4, -0.2) is 41.4 Å². The van der Waals surface area contributed by atoms with Crippen molar-refractivity contribution in [3.8, 4) is 0 Å². The standard InChI is InChI=1S/C26H28N2O6S2/c1-4-34-26(30)24-21(15-36-16-35-14-18-9-6-5-7-10-18)27-17(2)22(25(29)33-3)23(24)19-11-8-12-20(13-19)28(31)32/h5-13,23,27H,4,14-16H2,1-3H3. The summed E-state index contributed by atoms with van der Waals surface area (Å²) in [6.45, 7) is 3.58. The first-order chi connectivity index (χ1) is 17.4. The largest absolute Gasteiger partial charge is 0.466 e. The molecule has 8 nitrogen and oxygen atoms in total. The van der Waals surface area contributed by atoms with Gasteiger partial charge in [-0.3, -0.25) is 10.1 Å². The molecule has 0 radical (unpaired) electrons. The molecule has 0 spiro atoms. The second-order valence-corrected chi connectivity index (χ2v) is 10.2. The van der Waals surface area contributed by atoms with E-state index in [-0.39, 0.29) is 23.4 Å². The molecule has 1 atom stereocenters. The number of nitrogens with one attached hydrogen (secondary N) is 1. The topological polar surface area (TPSA) is 108 Å². The van der Waals surface area contributed by atoms with Gasteiger partial charge in [0.15, 0.2) is 0 Å². The molecule has 1 N–H and O–H groups in total. The second-order valence-electron chi connectivity index (χ2n) is 7.85. The monoisotopic (exact) mass is 528 g/mol. The lowest BCUT2D eigenvalue weighted by Gasteiger charge is -2.31. The SMILES string of the molecule is CCOC(=O)C1=C(CSCSCc2ccccc2)NC(C)=C(C(=O)OC)C1c1cccc([N+](=O)[O-])c1. The summed E-state index contributed by atoms with van der Waals surface area (Å²) in [5.74, 6) is -0.739. The fourth-order valence-electron chi connectivity index (χ4n) is 3.93. The zero-order valence-corrected chi connectivity index (χ0v) is 21.9. The number of allylic oxidation sites excluding steroid dienone is 1. The van der Waals surface area contributed by atoms with Crippen molar-refractivity contribution in [2.45, 2.75) is 25.5 Å². The van der Waals surface area contributed by atoms with Gasteiger partial charge in [0.1, 0.15) is 0 Å². The molecule has 1 unspecified atom stereocenters. The maximum Gasteiger partial charge on any atom is 0.336 e. The van der Waals surface area contributed by atoms with Gasteiger partial charge in [0.25, 0.3) is 5.69 Å². The lowest BCUT2D eigenvalue weighted by atomic mass is 9.80. The molecule has 10 heteroatoms. The van der Waals surface area contributed by atoms with Crippen molar-refractivity contribution in [2.24, 2.45) is 0 Å². The van der Waals surface area contributed by atoms with Gasteiger partial charge in [-0.1, -0.05) is 42.5 Å². The Morgan fingerprint density at radius 3 is 2.42 bits per heavy atom. The maximum absolute atomic E-state index is 13.2. The molecule has 36 heavy (non-hydrogen) atoms. The van der Waals surface area contributed by atoms with Crippen molar-refractivity contribution in [1.82, 2.24) is 5.32 Å². The van der Waals surface area contributed by atoms with Crippen molar-refractivity contribution in [3.05, 3.63) is 98.4 Å². The number of dihydropyridines is 1. The third-order valence-corrected chi connectivity index (χ3v) is 7.85.